The fourth-order valence-corrected chi connectivity index (χ4v) is 1.24. The van der Waals surface area contributed by atoms with Crippen molar-refractivity contribution in [1.29, 1.82) is 0 Å². The molecule has 5 heteroatoms. The zero-order chi connectivity index (χ0) is 13.1. The third-order valence-corrected chi connectivity index (χ3v) is 3.04. The Morgan fingerprint density at radius 1 is 1.53 bits per heavy atom. The van der Waals surface area contributed by atoms with Crippen molar-refractivity contribution in [1.82, 2.24) is 4.98 Å². The zero-order valence-electron chi connectivity index (χ0n) is 10.7. The van der Waals surface area contributed by atoms with Crippen molar-refractivity contribution in [3.63, 3.8) is 0 Å². The lowest BCUT2D eigenvalue weighted by atomic mass is 9.82. The first-order valence-corrected chi connectivity index (χ1v) is 5.65. The van der Waals surface area contributed by atoms with Crippen LogP contribution in [0.15, 0.2) is 18.3 Å². The molecular weight excluding hydrogens is 218 g/mol. The second-order valence-corrected chi connectivity index (χ2v) is 5.28. The molecule has 17 heavy (non-hydrogen) atoms. The Balaban J connectivity index is 2.73. The summed E-state index contributed by atoms with van der Waals surface area (Å²) in [6.07, 6.45) is 1.55. The van der Waals surface area contributed by atoms with Crippen molar-refractivity contribution >= 4 is 11.5 Å². The molecule has 1 unspecified atom stereocenters. The van der Waals surface area contributed by atoms with Gasteiger partial charge in [0.05, 0.1) is 4.92 Å². The van der Waals surface area contributed by atoms with E-state index in [9.17, 15) is 10.1 Å². The molecule has 0 aliphatic carbocycles. The summed E-state index contributed by atoms with van der Waals surface area (Å²) in [5.41, 5.74) is 0.185. The van der Waals surface area contributed by atoms with Crippen molar-refractivity contribution in [2.45, 2.75) is 27.7 Å². The van der Waals surface area contributed by atoms with E-state index in [0.29, 0.717) is 18.3 Å². The Morgan fingerprint density at radius 3 is 2.71 bits per heavy atom. The van der Waals surface area contributed by atoms with Crippen molar-refractivity contribution in [2.75, 3.05) is 11.9 Å². The molecule has 0 saturated carbocycles. The van der Waals surface area contributed by atoms with Gasteiger partial charge in [-0.2, -0.15) is 0 Å². The van der Waals surface area contributed by atoms with Gasteiger partial charge in [0.25, 0.3) is 0 Å². The highest BCUT2D eigenvalue weighted by atomic mass is 16.6. The molecule has 94 valence electrons. The van der Waals surface area contributed by atoms with Crippen LogP contribution in [0.1, 0.15) is 27.7 Å². The number of pyridine rings is 1. The number of nitrogens with one attached hydrogen (secondary N) is 1. The normalized spacial score (nSPS) is 13.2. The van der Waals surface area contributed by atoms with Gasteiger partial charge in [0.2, 0.25) is 5.82 Å². The Labute approximate surface area is 101 Å². The molecule has 0 aliphatic heterocycles. The average molecular weight is 237 g/mol. The maximum atomic E-state index is 10.8. The van der Waals surface area contributed by atoms with Crippen LogP contribution in [0.4, 0.5) is 11.5 Å². The predicted molar refractivity (Wildman–Crippen MR) is 68.0 cm³/mol. The first kappa shape index (κ1) is 13.4. The molecule has 0 bridgehead atoms. The van der Waals surface area contributed by atoms with Crippen LogP contribution in [0.5, 0.6) is 0 Å². The monoisotopic (exact) mass is 237 g/mol. The first-order valence-electron chi connectivity index (χ1n) is 5.65. The molecule has 0 spiro atoms. The number of nitro groups is 1. The smallest absolute Gasteiger partial charge is 0.311 e. The lowest BCUT2D eigenvalue weighted by molar-refractivity contribution is -0.384. The van der Waals surface area contributed by atoms with Crippen LogP contribution in [0.25, 0.3) is 0 Å². The SMILES string of the molecule is CC(CNc1ncccc1[N+](=O)[O-])C(C)(C)C. The molecular formula is C12H19N3O2. The summed E-state index contributed by atoms with van der Waals surface area (Å²) in [7, 11) is 0. The van der Waals surface area contributed by atoms with E-state index in [1.807, 2.05) is 0 Å². The van der Waals surface area contributed by atoms with Crippen LogP contribution in [-0.4, -0.2) is 16.5 Å². The topological polar surface area (TPSA) is 68.1 Å². The average Bonchev–Trinajstić information content (AvgIpc) is 2.24. The molecule has 0 radical (unpaired) electrons. The van der Waals surface area contributed by atoms with Crippen LogP contribution in [0.3, 0.4) is 0 Å². The minimum absolute atomic E-state index is 0.0219. The van der Waals surface area contributed by atoms with E-state index in [4.69, 9.17) is 0 Å². The number of hydrogen-bond donors (Lipinski definition) is 1. The highest BCUT2D eigenvalue weighted by Crippen LogP contribution is 2.27. The molecule has 5 nitrogen and oxygen atoms in total. The summed E-state index contributed by atoms with van der Waals surface area (Å²) in [5, 5.41) is 13.8. The highest BCUT2D eigenvalue weighted by Gasteiger charge is 2.21. The number of aromatic nitrogens is 1. The zero-order valence-corrected chi connectivity index (χ0v) is 10.7. The second-order valence-electron chi connectivity index (χ2n) is 5.28. The van der Waals surface area contributed by atoms with Crippen molar-refractivity contribution in [3.8, 4) is 0 Å². The van der Waals surface area contributed by atoms with Crippen LogP contribution < -0.4 is 5.32 Å². The lowest BCUT2D eigenvalue weighted by Gasteiger charge is -2.27. The molecule has 0 aromatic carbocycles. The van der Waals surface area contributed by atoms with Gasteiger partial charge in [-0.15, -0.1) is 0 Å². The summed E-state index contributed by atoms with van der Waals surface area (Å²) in [6.45, 7) is 9.22. The number of anilines is 1. The fourth-order valence-electron chi connectivity index (χ4n) is 1.24. The van der Waals surface area contributed by atoms with Gasteiger partial charge in [-0.1, -0.05) is 27.7 Å². The van der Waals surface area contributed by atoms with Gasteiger partial charge in [0.1, 0.15) is 0 Å². The van der Waals surface area contributed by atoms with E-state index in [2.05, 4.69) is 38.0 Å². The van der Waals surface area contributed by atoms with Gasteiger partial charge in [-0.05, 0) is 17.4 Å². The molecule has 0 aliphatic rings. The molecule has 1 atom stereocenters. The lowest BCUT2D eigenvalue weighted by Crippen LogP contribution is -2.25. The van der Waals surface area contributed by atoms with E-state index in [-0.39, 0.29) is 11.1 Å². The van der Waals surface area contributed by atoms with Crippen LogP contribution in [0.2, 0.25) is 0 Å². The molecule has 0 amide bonds. The van der Waals surface area contributed by atoms with E-state index in [1.54, 1.807) is 12.3 Å². The van der Waals surface area contributed by atoms with Gasteiger partial charge in [0, 0.05) is 18.8 Å². The molecule has 0 fully saturated rings. The molecule has 1 N–H and O–H groups in total. The summed E-state index contributed by atoms with van der Waals surface area (Å²) in [4.78, 5) is 14.4. The van der Waals surface area contributed by atoms with Crippen LogP contribution in [0, 0.1) is 21.4 Å². The third kappa shape index (κ3) is 3.69. The minimum Gasteiger partial charge on any atom is -0.364 e. The predicted octanol–water partition coefficient (Wildman–Crippen LogP) is 3.08. The van der Waals surface area contributed by atoms with Gasteiger partial charge in [-0.25, -0.2) is 4.98 Å². The largest absolute Gasteiger partial charge is 0.364 e. The van der Waals surface area contributed by atoms with Crippen LogP contribution >= 0.6 is 0 Å². The minimum atomic E-state index is -0.420. The summed E-state index contributed by atoms with van der Waals surface area (Å²) in [5.74, 6) is 0.734. The van der Waals surface area contributed by atoms with E-state index in [1.165, 1.54) is 6.07 Å². The number of nitrogens with zero attached hydrogens (tertiary/aromatic N) is 2. The fraction of sp³-hybridized carbons (Fsp3) is 0.583. The first-order chi connectivity index (χ1) is 7.82. The molecule has 1 aromatic rings. The number of rotatable bonds is 4. The molecule has 1 rings (SSSR count). The molecule has 1 heterocycles. The summed E-state index contributed by atoms with van der Waals surface area (Å²) in [6, 6.07) is 3.02. The van der Waals surface area contributed by atoms with Crippen molar-refractivity contribution in [3.05, 3.63) is 28.4 Å². The van der Waals surface area contributed by atoms with Crippen molar-refractivity contribution in [2.24, 2.45) is 11.3 Å². The van der Waals surface area contributed by atoms with Gasteiger partial charge < -0.3 is 5.32 Å². The van der Waals surface area contributed by atoms with Gasteiger partial charge in [-0.3, -0.25) is 10.1 Å². The quantitative estimate of drug-likeness (QED) is 0.645. The van der Waals surface area contributed by atoms with E-state index in [0.717, 1.165) is 0 Å². The van der Waals surface area contributed by atoms with E-state index >= 15 is 0 Å². The molecule has 1 aromatic heterocycles. The van der Waals surface area contributed by atoms with Gasteiger partial charge in [0.15, 0.2) is 0 Å². The summed E-state index contributed by atoms with van der Waals surface area (Å²) < 4.78 is 0. The highest BCUT2D eigenvalue weighted by molar-refractivity contribution is 5.55. The Hall–Kier alpha value is -1.65. The molecule has 0 saturated heterocycles. The van der Waals surface area contributed by atoms with Gasteiger partial charge >= 0.3 is 5.69 Å². The summed E-state index contributed by atoms with van der Waals surface area (Å²) >= 11 is 0. The van der Waals surface area contributed by atoms with Crippen molar-refractivity contribution < 1.29 is 4.92 Å². The Kier molecular flexibility index (Phi) is 4.04. The third-order valence-electron chi connectivity index (χ3n) is 3.04. The number of hydrogen-bond acceptors (Lipinski definition) is 4. The van der Waals surface area contributed by atoms with Crippen LogP contribution in [-0.2, 0) is 0 Å². The Bertz CT molecular complexity index is 399. The standard InChI is InChI=1S/C12H19N3O2/c1-9(12(2,3)4)8-14-11-10(15(16)17)6-5-7-13-11/h5-7,9H,8H2,1-4H3,(H,13,14). The second kappa shape index (κ2) is 5.12. The maximum absolute atomic E-state index is 10.8. The maximum Gasteiger partial charge on any atom is 0.311 e. The van der Waals surface area contributed by atoms with E-state index < -0.39 is 4.92 Å². The Morgan fingerprint density at radius 2 is 2.18 bits per heavy atom.